The van der Waals surface area contributed by atoms with Gasteiger partial charge in [-0.3, -0.25) is 4.79 Å². The van der Waals surface area contributed by atoms with Crippen LogP contribution < -0.4 is 0 Å². The Morgan fingerprint density at radius 1 is 1.25 bits per heavy atom. The zero-order valence-electron chi connectivity index (χ0n) is 13.6. The summed E-state index contributed by atoms with van der Waals surface area (Å²) in [6, 6.07) is 0. The van der Waals surface area contributed by atoms with Crippen molar-refractivity contribution in [3.05, 3.63) is 23.8 Å². The Kier molecular flexibility index (Phi) is 2.96. The fourth-order valence-electron chi connectivity index (χ4n) is 3.11. The average molecular weight is 278 g/mol. The molecule has 3 atom stereocenters. The van der Waals surface area contributed by atoms with E-state index in [2.05, 4.69) is 27.4 Å². The molecule has 1 saturated heterocycles. The summed E-state index contributed by atoms with van der Waals surface area (Å²) >= 11 is 0. The molecule has 2 aliphatic rings. The molecule has 0 bridgehead atoms. The monoisotopic (exact) mass is 278 g/mol. The fraction of sp³-hybridized carbons (Fsp3) is 0.706. The molecule has 0 aromatic carbocycles. The lowest BCUT2D eigenvalue weighted by Crippen LogP contribution is -2.60. The molecule has 3 nitrogen and oxygen atoms in total. The van der Waals surface area contributed by atoms with Gasteiger partial charge in [-0.15, -0.1) is 0 Å². The summed E-state index contributed by atoms with van der Waals surface area (Å²) in [5.41, 5.74) is -1.71. The Labute approximate surface area is 121 Å². The number of hydrogen-bond acceptors (Lipinski definition) is 3. The van der Waals surface area contributed by atoms with E-state index in [1.165, 1.54) is 0 Å². The average Bonchev–Trinajstić information content (AvgIpc) is 2.97. The van der Waals surface area contributed by atoms with Crippen LogP contribution in [0.15, 0.2) is 23.8 Å². The lowest BCUT2D eigenvalue weighted by atomic mass is 9.60. The molecule has 0 spiro atoms. The molecule has 1 aliphatic carbocycles. The van der Waals surface area contributed by atoms with E-state index in [9.17, 15) is 9.90 Å². The Morgan fingerprint density at radius 2 is 1.75 bits per heavy atom. The van der Waals surface area contributed by atoms with Crippen LogP contribution in [0, 0.1) is 10.8 Å². The predicted octanol–water partition coefficient (Wildman–Crippen LogP) is 3.03. The van der Waals surface area contributed by atoms with Gasteiger partial charge in [-0.2, -0.15) is 0 Å². The summed E-state index contributed by atoms with van der Waals surface area (Å²) in [6.45, 7) is 17.5. The van der Waals surface area contributed by atoms with Gasteiger partial charge in [0.2, 0.25) is 0 Å². The highest BCUT2D eigenvalue weighted by Crippen LogP contribution is 2.62. The molecule has 2 rings (SSSR count). The third-order valence-electron chi connectivity index (χ3n) is 4.75. The van der Waals surface area contributed by atoms with Crippen molar-refractivity contribution in [1.82, 2.24) is 0 Å². The first kappa shape index (κ1) is 15.5. The number of carbonyl (C=O) groups excluding carboxylic acids is 1. The predicted molar refractivity (Wildman–Crippen MR) is 79.4 cm³/mol. The van der Waals surface area contributed by atoms with Crippen LogP contribution in [0.3, 0.4) is 0 Å². The Balaban J connectivity index is 2.67. The normalized spacial score (nSPS) is 37.3. The first-order valence-electron chi connectivity index (χ1n) is 7.13. The van der Waals surface area contributed by atoms with Gasteiger partial charge in [0, 0.05) is 11.0 Å². The Morgan fingerprint density at radius 3 is 2.10 bits per heavy atom. The Bertz CT molecular complexity index is 515. The van der Waals surface area contributed by atoms with Crippen LogP contribution in [-0.2, 0) is 9.53 Å². The van der Waals surface area contributed by atoms with Crippen molar-refractivity contribution in [3.63, 3.8) is 0 Å². The van der Waals surface area contributed by atoms with Gasteiger partial charge in [0.25, 0.3) is 0 Å². The van der Waals surface area contributed by atoms with Crippen LogP contribution in [0.2, 0.25) is 0 Å². The number of Topliss-reactive ketones (excluding diaryl/α,β-unsaturated/α-hetero) is 1. The molecule has 0 amide bonds. The van der Waals surface area contributed by atoms with Crippen molar-refractivity contribution in [2.45, 2.75) is 65.8 Å². The molecule has 1 aliphatic heterocycles. The molecule has 3 unspecified atom stereocenters. The first-order chi connectivity index (χ1) is 8.79. The third-order valence-corrected chi connectivity index (χ3v) is 4.75. The zero-order valence-corrected chi connectivity index (χ0v) is 13.6. The molecule has 0 saturated carbocycles. The maximum Gasteiger partial charge on any atom is 0.197 e. The standard InChI is InChI=1S/C17H26O3/c1-10(2)11-9-16(14(3,4)5)13(20-16)17(19,12(11)18)15(6,7)8/h9,13,19H,1H2,2-8H3. The van der Waals surface area contributed by atoms with E-state index in [1.54, 1.807) is 6.92 Å². The van der Waals surface area contributed by atoms with Crippen LogP contribution in [0.4, 0.5) is 0 Å². The quantitative estimate of drug-likeness (QED) is 0.750. The van der Waals surface area contributed by atoms with E-state index in [0.29, 0.717) is 11.1 Å². The van der Waals surface area contributed by atoms with E-state index in [1.807, 2.05) is 26.8 Å². The lowest BCUT2D eigenvalue weighted by Gasteiger charge is -2.43. The SMILES string of the molecule is C=C(C)C1=CC2(C(C)(C)C)OC2C(O)(C(C)(C)C)C1=O. The second-order valence-electron chi connectivity index (χ2n) is 8.22. The molecular weight excluding hydrogens is 252 g/mol. The largest absolute Gasteiger partial charge is 0.378 e. The minimum absolute atomic E-state index is 0.196. The van der Waals surface area contributed by atoms with E-state index >= 15 is 0 Å². The molecule has 20 heavy (non-hydrogen) atoms. The topological polar surface area (TPSA) is 49.8 Å². The third kappa shape index (κ3) is 1.69. The number of ketones is 1. The van der Waals surface area contributed by atoms with Gasteiger partial charge in [-0.05, 0) is 24.0 Å². The number of fused-ring (bicyclic) bond motifs is 1. The number of rotatable bonds is 1. The van der Waals surface area contributed by atoms with Gasteiger partial charge in [0.1, 0.15) is 11.7 Å². The van der Waals surface area contributed by atoms with E-state index in [0.717, 1.165) is 0 Å². The van der Waals surface area contributed by atoms with Crippen LogP contribution >= 0.6 is 0 Å². The maximum atomic E-state index is 12.8. The van der Waals surface area contributed by atoms with Crippen LogP contribution in [-0.4, -0.2) is 28.2 Å². The van der Waals surface area contributed by atoms with Crippen molar-refractivity contribution in [1.29, 1.82) is 0 Å². The second-order valence-corrected chi connectivity index (χ2v) is 8.22. The summed E-state index contributed by atoms with van der Waals surface area (Å²) in [4.78, 5) is 12.8. The molecular formula is C17H26O3. The minimum Gasteiger partial charge on any atom is -0.378 e. The molecule has 1 fully saturated rings. The highest BCUT2D eigenvalue weighted by Gasteiger charge is 2.76. The van der Waals surface area contributed by atoms with Crippen molar-refractivity contribution in [2.24, 2.45) is 10.8 Å². The minimum atomic E-state index is -1.51. The number of aliphatic hydroxyl groups is 1. The Hall–Kier alpha value is -0.930. The molecule has 1 heterocycles. The summed E-state index contributed by atoms with van der Waals surface area (Å²) < 4.78 is 5.93. The van der Waals surface area contributed by atoms with Crippen molar-refractivity contribution >= 4 is 5.78 Å². The smallest absolute Gasteiger partial charge is 0.197 e. The van der Waals surface area contributed by atoms with Crippen molar-refractivity contribution in [3.8, 4) is 0 Å². The lowest BCUT2D eigenvalue weighted by molar-refractivity contribution is -0.149. The van der Waals surface area contributed by atoms with Crippen molar-refractivity contribution in [2.75, 3.05) is 0 Å². The molecule has 0 radical (unpaired) electrons. The summed E-state index contributed by atoms with van der Waals surface area (Å²) in [5.74, 6) is -0.264. The van der Waals surface area contributed by atoms with Crippen molar-refractivity contribution < 1.29 is 14.6 Å². The number of carbonyl (C=O) groups is 1. The van der Waals surface area contributed by atoms with Gasteiger partial charge in [0.15, 0.2) is 11.4 Å². The zero-order chi connectivity index (χ0) is 15.7. The van der Waals surface area contributed by atoms with Gasteiger partial charge < -0.3 is 9.84 Å². The van der Waals surface area contributed by atoms with Crippen LogP contribution in [0.1, 0.15) is 48.5 Å². The number of ether oxygens (including phenoxy) is 1. The molecule has 1 N–H and O–H groups in total. The summed E-state index contributed by atoms with van der Waals surface area (Å²) in [5, 5.41) is 11.2. The van der Waals surface area contributed by atoms with Crippen LogP contribution in [0.25, 0.3) is 0 Å². The van der Waals surface area contributed by atoms with E-state index in [-0.39, 0.29) is 11.2 Å². The van der Waals surface area contributed by atoms with E-state index < -0.39 is 22.7 Å². The molecule has 0 aromatic heterocycles. The second kappa shape index (κ2) is 3.83. The molecule has 3 heteroatoms. The van der Waals surface area contributed by atoms with Gasteiger partial charge in [-0.25, -0.2) is 0 Å². The van der Waals surface area contributed by atoms with E-state index in [4.69, 9.17) is 4.74 Å². The number of allylic oxidation sites excluding steroid dienone is 1. The fourth-order valence-corrected chi connectivity index (χ4v) is 3.11. The number of hydrogen-bond donors (Lipinski definition) is 1. The summed E-state index contributed by atoms with van der Waals surface area (Å²) in [7, 11) is 0. The maximum absolute atomic E-state index is 12.8. The number of epoxide rings is 1. The molecule has 112 valence electrons. The summed E-state index contributed by atoms with van der Waals surface area (Å²) in [6.07, 6.45) is 1.40. The van der Waals surface area contributed by atoms with Gasteiger partial charge in [0.05, 0.1) is 0 Å². The molecule has 0 aromatic rings. The van der Waals surface area contributed by atoms with Gasteiger partial charge >= 0.3 is 0 Å². The first-order valence-corrected chi connectivity index (χ1v) is 7.13. The van der Waals surface area contributed by atoms with Gasteiger partial charge in [-0.1, -0.05) is 48.1 Å². The highest BCUT2D eigenvalue weighted by molar-refractivity contribution is 6.08. The van der Waals surface area contributed by atoms with Crippen LogP contribution in [0.5, 0.6) is 0 Å². The highest BCUT2D eigenvalue weighted by atomic mass is 16.6.